The summed E-state index contributed by atoms with van der Waals surface area (Å²) in [6.07, 6.45) is 0.780. The van der Waals surface area contributed by atoms with E-state index in [1.54, 1.807) is 11.3 Å². The summed E-state index contributed by atoms with van der Waals surface area (Å²) >= 11 is 1.74. The van der Waals surface area contributed by atoms with Gasteiger partial charge in [0.05, 0.1) is 11.6 Å². The highest BCUT2D eigenvalue weighted by Gasteiger charge is 2.38. The van der Waals surface area contributed by atoms with Gasteiger partial charge in [-0.05, 0) is 54.1 Å². The molecule has 0 unspecified atom stereocenters. The number of benzene rings is 2. The second-order valence-corrected chi connectivity index (χ2v) is 6.85. The number of thiophene rings is 1. The Labute approximate surface area is 140 Å². The molecule has 23 heavy (non-hydrogen) atoms. The molecule has 1 aromatic heterocycles. The second-order valence-electron chi connectivity index (χ2n) is 5.85. The molecule has 1 aliphatic rings. The fourth-order valence-corrected chi connectivity index (χ4v) is 4.19. The lowest BCUT2D eigenvalue weighted by molar-refractivity contribution is -0.118. The highest BCUT2D eigenvalue weighted by atomic mass is 32.1. The number of para-hydroxylation sites is 2. The number of amides is 1. The van der Waals surface area contributed by atoms with Crippen LogP contribution in [0.3, 0.4) is 0 Å². The van der Waals surface area contributed by atoms with Crippen molar-refractivity contribution in [2.45, 2.75) is 19.3 Å². The van der Waals surface area contributed by atoms with Crippen LogP contribution in [-0.2, 0) is 11.2 Å². The van der Waals surface area contributed by atoms with E-state index in [4.69, 9.17) is 0 Å². The molecule has 4 rings (SSSR count). The van der Waals surface area contributed by atoms with Gasteiger partial charge in [0.2, 0.25) is 5.91 Å². The summed E-state index contributed by atoms with van der Waals surface area (Å²) in [4.78, 5) is 16.3. The molecule has 0 saturated carbocycles. The van der Waals surface area contributed by atoms with Crippen LogP contribution in [-0.4, -0.2) is 5.91 Å². The van der Waals surface area contributed by atoms with Crippen LogP contribution in [0.15, 0.2) is 66.0 Å². The normalized spacial score (nSPS) is 16.7. The fraction of sp³-hybridized carbons (Fsp3) is 0.150. The smallest absolute Gasteiger partial charge is 0.239 e. The van der Waals surface area contributed by atoms with Crippen molar-refractivity contribution >= 4 is 28.6 Å². The monoisotopic (exact) mass is 319 g/mol. The Hall–Kier alpha value is -2.39. The van der Waals surface area contributed by atoms with Crippen molar-refractivity contribution in [3.05, 3.63) is 82.0 Å². The molecular formula is C20H17NOS. The largest absolute Gasteiger partial charge is 0.280 e. The van der Waals surface area contributed by atoms with E-state index in [1.807, 2.05) is 53.4 Å². The molecule has 0 spiro atoms. The van der Waals surface area contributed by atoms with Crippen molar-refractivity contribution in [2.24, 2.45) is 0 Å². The lowest BCUT2D eigenvalue weighted by Crippen LogP contribution is -2.24. The average molecular weight is 319 g/mol. The van der Waals surface area contributed by atoms with E-state index in [-0.39, 0.29) is 11.8 Å². The zero-order valence-corrected chi connectivity index (χ0v) is 13.7. The van der Waals surface area contributed by atoms with Crippen molar-refractivity contribution in [1.82, 2.24) is 0 Å². The summed E-state index contributed by atoms with van der Waals surface area (Å²) in [5.74, 6) is 0.0777. The number of fused-ring (bicyclic) bond motifs is 1. The fourth-order valence-electron chi connectivity index (χ4n) is 3.23. The molecule has 1 atom stereocenters. The van der Waals surface area contributed by atoms with E-state index < -0.39 is 0 Å². The second kappa shape index (κ2) is 5.67. The summed E-state index contributed by atoms with van der Waals surface area (Å²) in [5.41, 5.74) is 4.37. The van der Waals surface area contributed by atoms with E-state index in [0.29, 0.717) is 0 Å². The number of rotatable bonds is 3. The number of aryl methyl sites for hydroxylation is 1. The zero-order valence-electron chi connectivity index (χ0n) is 12.9. The average Bonchev–Trinajstić information content (AvgIpc) is 3.11. The van der Waals surface area contributed by atoms with Gasteiger partial charge in [0.15, 0.2) is 0 Å². The molecule has 2 aromatic carbocycles. The van der Waals surface area contributed by atoms with Crippen LogP contribution in [0.5, 0.6) is 0 Å². The molecule has 0 bridgehead atoms. The SMILES string of the molecule is Cc1ccsc1C[C@H]1C(=O)N(c2ccccc2)c2ccccc21. The first-order valence-electron chi connectivity index (χ1n) is 7.76. The lowest BCUT2D eigenvalue weighted by atomic mass is 9.95. The number of carbonyl (C=O) groups is 1. The number of hydrogen-bond donors (Lipinski definition) is 0. The van der Waals surface area contributed by atoms with Crippen LogP contribution in [0.25, 0.3) is 0 Å². The zero-order chi connectivity index (χ0) is 15.8. The quantitative estimate of drug-likeness (QED) is 0.660. The van der Waals surface area contributed by atoms with Gasteiger partial charge < -0.3 is 0 Å². The maximum atomic E-state index is 13.1. The third-order valence-corrected chi connectivity index (χ3v) is 5.49. The molecule has 114 valence electrons. The van der Waals surface area contributed by atoms with Gasteiger partial charge in [-0.3, -0.25) is 9.69 Å². The standard InChI is InChI=1S/C20H17NOS/c1-14-11-12-23-19(14)13-17-16-9-5-6-10-18(16)21(20(17)22)15-7-3-2-4-8-15/h2-12,17H,13H2,1H3/t17-/m1/s1. The Morgan fingerprint density at radius 1 is 1.00 bits per heavy atom. The number of hydrogen-bond acceptors (Lipinski definition) is 2. The Bertz CT molecular complexity index is 853. The number of nitrogens with zero attached hydrogens (tertiary/aromatic N) is 1. The molecule has 0 saturated heterocycles. The first-order chi connectivity index (χ1) is 11.3. The van der Waals surface area contributed by atoms with Crippen LogP contribution in [0.1, 0.15) is 21.9 Å². The van der Waals surface area contributed by atoms with E-state index in [2.05, 4.69) is 24.4 Å². The van der Waals surface area contributed by atoms with E-state index in [0.717, 1.165) is 23.4 Å². The first kappa shape index (κ1) is 14.2. The highest BCUT2D eigenvalue weighted by Crippen LogP contribution is 2.43. The van der Waals surface area contributed by atoms with Crippen LogP contribution in [0.2, 0.25) is 0 Å². The third-order valence-electron chi connectivity index (χ3n) is 4.44. The first-order valence-corrected chi connectivity index (χ1v) is 8.64. The van der Waals surface area contributed by atoms with Gasteiger partial charge in [-0.15, -0.1) is 11.3 Å². The van der Waals surface area contributed by atoms with Gasteiger partial charge in [-0.25, -0.2) is 0 Å². The van der Waals surface area contributed by atoms with Gasteiger partial charge in [-0.2, -0.15) is 0 Å². The van der Waals surface area contributed by atoms with Gasteiger partial charge in [0.25, 0.3) is 0 Å². The van der Waals surface area contributed by atoms with Crippen molar-refractivity contribution in [3.63, 3.8) is 0 Å². The molecule has 1 aliphatic heterocycles. The molecule has 1 amide bonds. The maximum absolute atomic E-state index is 13.1. The molecule has 3 aromatic rings. The van der Waals surface area contributed by atoms with E-state index in [9.17, 15) is 4.79 Å². The van der Waals surface area contributed by atoms with Crippen LogP contribution >= 0.6 is 11.3 Å². The van der Waals surface area contributed by atoms with Gasteiger partial charge >= 0.3 is 0 Å². The van der Waals surface area contributed by atoms with Crippen LogP contribution < -0.4 is 4.90 Å². The summed E-state index contributed by atoms with van der Waals surface area (Å²) in [6, 6.07) is 20.2. The summed E-state index contributed by atoms with van der Waals surface area (Å²) in [6.45, 7) is 2.12. The Morgan fingerprint density at radius 3 is 2.48 bits per heavy atom. The minimum absolute atomic E-state index is 0.0937. The molecule has 2 heterocycles. The highest BCUT2D eigenvalue weighted by molar-refractivity contribution is 7.10. The van der Waals surface area contributed by atoms with E-state index >= 15 is 0 Å². The number of carbonyl (C=O) groups excluding carboxylic acids is 1. The number of anilines is 2. The summed E-state index contributed by atoms with van der Waals surface area (Å²) in [5, 5.41) is 2.10. The Balaban J connectivity index is 1.77. The third kappa shape index (κ3) is 2.37. The van der Waals surface area contributed by atoms with E-state index in [1.165, 1.54) is 10.4 Å². The van der Waals surface area contributed by atoms with Crippen LogP contribution in [0, 0.1) is 6.92 Å². The molecule has 2 nitrogen and oxygen atoms in total. The van der Waals surface area contributed by atoms with Crippen molar-refractivity contribution in [2.75, 3.05) is 4.90 Å². The Kier molecular flexibility index (Phi) is 3.50. The van der Waals surface area contributed by atoms with Gasteiger partial charge in [0.1, 0.15) is 0 Å². The molecular weight excluding hydrogens is 302 g/mol. The van der Waals surface area contributed by atoms with Gasteiger partial charge in [0, 0.05) is 10.6 Å². The predicted octanol–water partition coefficient (Wildman–Crippen LogP) is 5.06. The predicted molar refractivity (Wildman–Crippen MR) is 95.5 cm³/mol. The topological polar surface area (TPSA) is 20.3 Å². The molecule has 0 aliphatic carbocycles. The van der Waals surface area contributed by atoms with Crippen molar-refractivity contribution < 1.29 is 4.79 Å². The molecule has 0 radical (unpaired) electrons. The summed E-state index contributed by atoms with van der Waals surface area (Å²) < 4.78 is 0. The molecule has 3 heteroatoms. The Morgan fingerprint density at radius 2 is 1.74 bits per heavy atom. The minimum Gasteiger partial charge on any atom is -0.280 e. The van der Waals surface area contributed by atoms with Crippen molar-refractivity contribution in [1.29, 1.82) is 0 Å². The van der Waals surface area contributed by atoms with Crippen molar-refractivity contribution in [3.8, 4) is 0 Å². The minimum atomic E-state index is -0.0937. The summed E-state index contributed by atoms with van der Waals surface area (Å²) in [7, 11) is 0. The van der Waals surface area contributed by atoms with Crippen LogP contribution in [0.4, 0.5) is 11.4 Å². The molecule has 0 fully saturated rings. The maximum Gasteiger partial charge on any atom is 0.239 e. The lowest BCUT2D eigenvalue weighted by Gasteiger charge is -2.18. The van der Waals surface area contributed by atoms with Gasteiger partial charge in [-0.1, -0.05) is 36.4 Å². The molecule has 0 N–H and O–H groups in total.